The van der Waals surface area contributed by atoms with Crippen molar-refractivity contribution in [1.82, 2.24) is 0 Å². The number of carboxylic acid groups (broad SMARTS) is 1. The largest absolute Gasteiger partial charge is 0.481 e. The molecule has 1 aromatic carbocycles. The minimum Gasteiger partial charge on any atom is -0.481 e. The molecule has 0 amide bonds. The van der Waals surface area contributed by atoms with E-state index < -0.39 is 5.97 Å². The van der Waals surface area contributed by atoms with Crippen LogP contribution in [0.2, 0.25) is 0 Å². The zero-order valence-corrected chi connectivity index (χ0v) is 9.18. The normalized spacial score (nSPS) is 25.2. The lowest BCUT2D eigenvalue weighted by atomic mass is 9.80. The van der Waals surface area contributed by atoms with E-state index in [4.69, 9.17) is 14.6 Å². The van der Waals surface area contributed by atoms with Crippen molar-refractivity contribution in [2.75, 3.05) is 12.1 Å². The zero-order chi connectivity index (χ0) is 11.8. The maximum atomic E-state index is 10.7. The minimum absolute atomic E-state index is 0.193. The maximum Gasteiger partial charge on any atom is 0.306 e. The van der Waals surface area contributed by atoms with Gasteiger partial charge in [-0.2, -0.15) is 0 Å². The molecule has 1 fully saturated rings. The number of ether oxygens (including phenoxy) is 2. The second-order valence-corrected chi connectivity index (χ2v) is 4.42. The second-order valence-electron chi connectivity index (χ2n) is 4.42. The molecule has 1 aliphatic heterocycles. The fourth-order valence-corrected chi connectivity index (χ4v) is 2.16. The first-order valence-corrected chi connectivity index (χ1v) is 5.61. The Morgan fingerprint density at radius 1 is 1.29 bits per heavy atom. The van der Waals surface area contributed by atoms with Gasteiger partial charge in [0.25, 0.3) is 0 Å². The van der Waals surface area contributed by atoms with Crippen LogP contribution in [0.5, 0.6) is 11.5 Å². The van der Waals surface area contributed by atoms with E-state index in [-0.39, 0.29) is 18.8 Å². The standard InChI is InChI=1S/C12H13NO4/c14-12(15)7-3-9(4-7)13-8-1-2-10-11(5-8)17-6-16-10/h1-2,5,7,9,13H,3-4,6H2,(H,14,15). The molecular weight excluding hydrogens is 222 g/mol. The van der Waals surface area contributed by atoms with E-state index in [9.17, 15) is 4.79 Å². The highest BCUT2D eigenvalue weighted by atomic mass is 16.7. The molecule has 0 atom stereocenters. The van der Waals surface area contributed by atoms with E-state index in [0.717, 1.165) is 17.2 Å². The summed E-state index contributed by atoms with van der Waals surface area (Å²) in [7, 11) is 0. The Morgan fingerprint density at radius 2 is 2.06 bits per heavy atom. The second kappa shape index (κ2) is 3.84. The molecule has 0 spiro atoms. The molecule has 0 unspecified atom stereocenters. The molecule has 0 radical (unpaired) electrons. The van der Waals surface area contributed by atoms with Gasteiger partial charge in [-0.15, -0.1) is 0 Å². The quantitative estimate of drug-likeness (QED) is 0.834. The maximum absolute atomic E-state index is 10.7. The molecule has 1 heterocycles. The Kier molecular flexibility index (Phi) is 2.31. The van der Waals surface area contributed by atoms with Gasteiger partial charge in [0, 0.05) is 17.8 Å². The zero-order valence-electron chi connectivity index (χ0n) is 9.18. The third-order valence-corrected chi connectivity index (χ3v) is 3.23. The van der Waals surface area contributed by atoms with E-state index in [0.29, 0.717) is 12.8 Å². The SMILES string of the molecule is O=C(O)C1CC(Nc2ccc3c(c2)OCO3)C1. The van der Waals surface area contributed by atoms with Crippen molar-refractivity contribution in [2.24, 2.45) is 5.92 Å². The number of hydrogen-bond donors (Lipinski definition) is 2. The molecule has 90 valence electrons. The fraction of sp³-hybridized carbons (Fsp3) is 0.417. The van der Waals surface area contributed by atoms with Gasteiger partial charge < -0.3 is 19.9 Å². The van der Waals surface area contributed by atoms with Crippen molar-refractivity contribution < 1.29 is 19.4 Å². The van der Waals surface area contributed by atoms with Crippen molar-refractivity contribution in [2.45, 2.75) is 18.9 Å². The predicted molar refractivity (Wildman–Crippen MR) is 60.3 cm³/mol. The highest BCUT2D eigenvalue weighted by Gasteiger charge is 2.34. The number of aliphatic carboxylic acids is 1. The van der Waals surface area contributed by atoms with Gasteiger partial charge in [-0.05, 0) is 25.0 Å². The summed E-state index contributed by atoms with van der Waals surface area (Å²) in [4.78, 5) is 10.7. The van der Waals surface area contributed by atoms with Gasteiger partial charge in [0.05, 0.1) is 5.92 Å². The average molecular weight is 235 g/mol. The van der Waals surface area contributed by atoms with Gasteiger partial charge in [0.1, 0.15) is 0 Å². The van der Waals surface area contributed by atoms with E-state index in [2.05, 4.69) is 5.32 Å². The molecule has 2 N–H and O–H groups in total. The Labute approximate surface area is 98.3 Å². The predicted octanol–water partition coefficient (Wildman–Crippen LogP) is 1.69. The molecule has 0 bridgehead atoms. The van der Waals surface area contributed by atoms with Crippen molar-refractivity contribution in [3.63, 3.8) is 0 Å². The van der Waals surface area contributed by atoms with Crippen LogP contribution in [-0.4, -0.2) is 23.9 Å². The van der Waals surface area contributed by atoms with Crippen LogP contribution < -0.4 is 14.8 Å². The number of hydrogen-bond acceptors (Lipinski definition) is 4. The van der Waals surface area contributed by atoms with E-state index >= 15 is 0 Å². The van der Waals surface area contributed by atoms with Crippen LogP contribution in [0, 0.1) is 5.92 Å². The van der Waals surface area contributed by atoms with E-state index in [1.165, 1.54) is 0 Å². The van der Waals surface area contributed by atoms with E-state index in [1.54, 1.807) is 0 Å². The van der Waals surface area contributed by atoms with Gasteiger partial charge in [-0.1, -0.05) is 0 Å². The van der Waals surface area contributed by atoms with Gasteiger partial charge >= 0.3 is 5.97 Å². The van der Waals surface area contributed by atoms with Crippen LogP contribution in [0.25, 0.3) is 0 Å². The lowest BCUT2D eigenvalue weighted by molar-refractivity contribution is -0.144. The highest BCUT2D eigenvalue weighted by Crippen LogP contribution is 2.36. The Hall–Kier alpha value is -1.91. The molecular formula is C12H13NO4. The molecule has 1 saturated carbocycles. The highest BCUT2D eigenvalue weighted by molar-refractivity contribution is 5.71. The van der Waals surface area contributed by atoms with Crippen molar-refractivity contribution in [3.05, 3.63) is 18.2 Å². The molecule has 5 heteroatoms. The first-order chi connectivity index (χ1) is 8.22. The molecule has 17 heavy (non-hydrogen) atoms. The van der Waals surface area contributed by atoms with Gasteiger partial charge in [0.2, 0.25) is 6.79 Å². The summed E-state index contributed by atoms with van der Waals surface area (Å²) < 4.78 is 10.5. The molecule has 0 saturated heterocycles. The van der Waals surface area contributed by atoms with Crippen LogP contribution in [0.15, 0.2) is 18.2 Å². The van der Waals surface area contributed by atoms with Crippen LogP contribution in [-0.2, 0) is 4.79 Å². The summed E-state index contributed by atoms with van der Waals surface area (Å²) in [5, 5.41) is 12.1. The van der Waals surface area contributed by atoms with Gasteiger partial charge in [-0.3, -0.25) is 4.79 Å². The van der Waals surface area contributed by atoms with Crippen LogP contribution in [0.1, 0.15) is 12.8 Å². The molecule has 1 aromatic rings. The summed E-state index contributed by atoms with van der Waals surface area (Å²) in [6.45, 7) is 0.267. The van der Waals surface area contributed by atoms with Crippen LogP contribution in [0.3, 0.4) is 0 Å². The molecule has 2 aliphatic rings. The lowest BCUT2D eigenvalue weighted by Crippen LogP contribution is -2.39. The number of fused-ring (bicyclic) bond motifs is 1. The summed E-state index contributed by atoms with van der Waals surface area (Å²) in [6, 6.07) is 5.91. The van der Waals surface area contributed by atoms with Crippen molar-refractivity contribution in [3.8, 4) is 11.5 Å². The van der Waals surface area contributed by atoms with Gasteiger partial charge in [0.15, 0.2) is 11.5 Å². The third-order valence-electron chi connectivity index (χ3n) is 3.23. The Bertz CT molecular complexity index is 454. The monoisotopic (exact) mass is 235 g/mol. The minimum atomic E-state index is -0.700. The molecule has 0 aromatic heterocycles. The third kappa shape index (κ3) is 1.88. The first-order valence-electron chi connectivity index (χ1n) is 5.61. The Balaban J connectivity index is 1.61. The summed E-state index contributed by atoms with van der Waals surface area (Å²) in [5.41, 5.74) is 0.947. The summed E-state index contributed by atoms with van der Waals surface area (Å²) in [6.07, 6.45) is 1.37. The fourth-order valence-electron chi connectivity index (χ4n) is 2.16. The van der Waals surface area contributed by atoms with E-state index in [1.807, 2.05) is 18.2 Å². The number of carbonyl (C=O) groups is 1. The summed E-state index contributed by atoms with van der Waals surface area (Å²) in [5.74, 6) is 0.604. The number of nitrogens with one attached hydrogen (secondary N) is 1. The van der Waals surface area contributed by atoms with Crippen LogP contribution in [0.4, 0.5) is 5.69 Å². The topological polar surface area (TPSA) is 67.8 Å². The summed E-state index contributed by atoms with van der Waals surface area (Å²) >= 11 is 0. The molecule has 3 rings (SSSR count). The number of rotatable bonds is 3. The van der Waals surface area contributed by atoms with Crippen molar-refractivity contribution >= 4 is 11.7 Å². The molecule has 1 aliphatic carbocycles. The van der Waals surface area contributed by atoms with Gasteiger partial charge in [-0.25, -0.2) is 0 Å². The number of carboxylic acids is 1. The first kappa shape index (κ1) is 10.3. The number of anilines is 1. The Morgan fingerprint density at radius 3 is 2.82 bits per heavy atom. The van der Waals surface area contributed by atoms with Crippen LogP contribution >= 0.6 is 0 Å². The number of benzene rings is 1. The lowest BCUT2D eigenvalue weighted by Gasteiger charge is -2.33. The smallest absolute Gasteiger partial charge is 0.306 e. The van der Waals surface area contributed by atoms with Crippen molar-refractivity contribution in [1.29, 1.82) is 0 Å². The average Bonchev–Trinajstić information content (AvgIpc) is 2.69. The molecule has 5 nitrogen and oxygen atoms in total.